The van der Waals surface area contributed by atoms with E-state index in [1.807, 2.05) is 31.2 Å². The Morgan fingerprint density at radius 2 is 1.55 bits per heavy atom. The fraction of sp³-hybridized carbons (Fsp3) is 0.250. The minimum Gasteiger partial charge on any atom is -0.392 e. The van der Waals surface area contributed by atoms with Gasteiger partial charge < -0.3 is 10.0 Å². The van der Waals surface area contributed by atoms with Crippen LogP contribution < -0.4 is 4.90 Å². The number of hydrogen-bond acceptors (Lipinski definition) is 2. The molecule has 0 amide bonds. The summed E-state index contributed by atoms with van der Waals surface area (Å²) < 4.78 is 27.8. The summed E-state index contributed by atoms with van der Waals surface area (Å²) in [5.41, 5.74) is 2.26. The zero-order valence-electron chi connectivity index (χ0n) is 11.5. The monoisotopic (exact) mass is 277 g/mol. The van der Waals surface area contributed by atoms with Gasteiger partial charge in [0.05, 0.1) is 6.61 Å². The van der Waals surface area contributed by atoms with Crippen LogP contribution in [0.1, 0.15) is 16.7 Å². The number of hydrogen-bond donors (Lipinski definition) is 1. The molecule has 0 aliphatic heterocycles. The Hall–Kier alpha value is -1.94. The zero-order chi connectivity index (χ0) is 14.7. The number of benzene rings is 2. The molecule has 2 nitrogen and oxygen atoms in total. The molecule has 106 valence electrons. The second kappa shape index (κ2) is 6.01. The Morgan fingerprint density at radius 3 is 2.05 bits per heavy atom. The van der Waals surface area contributed by atoms with Crippen molar-refractivity contribution in [1.82, 2.24) is 0 Å². The molecule has 0 aliphatic rings. The summed E-state index contributed by atoms with van der Waals surface area (Å²) in [6.45, 7) is 2.02. The van der Waals surface area contributed by atoms with Crippen molar-refractivity contribution in [2.45, 2.75) is 20.1 Å². The van der Waals surface area contributed by atoms with Gasteiger partial charge in [-0.3, -0.25) is 0 Å². The van der Waals surface area contributed by atoms with E-state index in [4.69, 9.17) is 5.11 Å². The third-order valence-electron chi connectivity index (χ3n) is 3.18. The van der Waals surface area contributed by atoms with Gasteiger partial charge in [-0.15, -0.1) is 0 Å². The van der Waals surface area contributed by atoms with Crippen molar-refractivity contribution in [3.05, 3.63) is 64.7 Å². The van der Waals surface area contributed by atoms with Gasteiger partial charge in [0, 0.05) is 13.6 Å². The van der Waals surface area contributed by atoms with Gasteiger partial charge in [0.15, 0.2) is 0 Å². The van der Waals surface area contributed by atoms with Crippen molar-refractivity contribution in [3.63, 3.8) is 0 Å². The van der Waals surface area contributed by atoms with Crippen LogP contribution in [-0.2, 0) is 13.2 Å². The van der Waals surface area contributed by atoms with Gasteiger partial charge in [0.25, 0.3) is 0 Å². The lowest BCUT2D eigenvalue weighted by atomic mass is 10.1. The minimum atomic E-state index is -0.663. The quantitative estimate of drug-likeness (QED) is 0.926. The van der Waals surface area contributed by atoms with E-state index in [1.54, 1.807) is 7.05 Å². The largest absolute Gasteiger partial charge is 0.392 e. The van der Waals surface area contributed by atoms with E-state index < -0.39 is 11.6 Å². The molecule has 2 aromatic rings. The first kappa shape index (κ1) is 14.5. The summed E-state index contributed by atoms with van der Waals surface area (Å²) in [5, 5.41) is 8.93. The summed E-state index contributed by atoms with van der Waals surface area (Å²) in [4.78, 5) is 1.52. The molecular weight excluding hydrogens is 260 g/mol. The van der Waals surface area contributed by atoms with Crippen molar-refractivity contribution < 1.29 is 13.9 Å². The van der Waals surface area contributed by atoms with E-state index in [-0.39, 0.29) is 17.9 Å². The van der Waals surface area contributed by atoms with Gasteiger partial charge in [0.2, 0.25) is 0 Å². The third-order valence-corrected chi connectivity index (χ3v) is 3.18. The zero-order valence-corrected chi connectivity index (χ0v) is 11.5. The first-order valence-electron chi connectivity index (χ1n) is 6.36. The lowest BCUT2D eigenvalue weighted by molar-refractivity contribution is 0.280. The number of rotatable bonds is 4. The second-order valence-corrected chi connectivity index (χ2v) is 4.91. The van der Waals surface area contributed by atoms with Crippen molar-refractivity contribution in [3.8, 4) is 0 Å². The van der Waals surface area contributed by atoms with E-state index in [9.17, 15) is 8.78 Å². The average molecular weight is 277 g/mol. The molecule has 20 heavy (non-hydrogen) atoms. The lowest BCUT2D eigenvalue weighted by Gasteiger charge is -2.21. The molecule has 0 unspecified atom stereocenters. The van der Waals surface area contributed by atoms with Crippen molar-refractivity contribution in [2.75, 3.05) is 11.9 Å². The molecule has 0 saturated heterocycles. The summed E-state index contributed by atoms with van der Waals surface area (Å²) >= 11 is 0. The predicted octanol–water partition coefficient (Wildman–Crippen LogP) is 3.40. The number of aliphatic hydroxyl groups excluding tert-OH is 1. The molecule has 1 N–H and O–H groups in total. The lowest BCUT2D eigenvalue weighted by Crippen LogP contribution is -2.19. The van der Waals surface area contributed by atoms with Crippen LogP contribution in [0.2, 0.25) is 0 Å². The van der Waals surface area contributed by atoms with Gasteiger partial charge in [-0.25, -0.2) is 8.78 Å². The molecule has 0 aliphatic carbocycles. The highest BCUT2D eigenvalue weighted by molar-refractivity contribution is 5.50. The number of anilines is 1. The van der Waals surface area contributed by atoms with Crippen LogP contribution >= 0.6 is 0 Å². The topological polar surface area (TPSA) is 23.5 Å². The third kappa shape index (κ3) is 3.14. The highest BCUT2D eigenvalue weighted by Gasteiger charge is 2.15. The van der Waals surface area contributed by atoms with Gasteiger partial charge in [-0.05, 0) is 30.2 Å². The van der Waals surface area contributed by atoms with E-state index in [1.165, 1.54) is 4.90 Å². The molecule has 2 rings (SSSR count). The summed E-state index contributed by atoms with van der Waals surface area (Å²) in [6.07, 6.45) is 0. The Bertz CT molecular complexity index is 573. The van der Waals surface area contributed by atoms with Crippen LogP contribution in [0.15, 0.2) is 36.4 Å². The molecule has 4 heteroatoms. The summed E-state index contributed by atoms with van der Waals surface area (Å²) in [5.74, 6) is -1.33. The van der Waals surface area contributed by atoms with Crippen molar-refractivity contribution in [1.29, 1.82) is 0 Å². The van der Waals surface area contributed by atoms with Crippen LogP contribution in [0.25, 0.3) is 0 Å². The molecule has 2 aromatic carbocycles. The molecule has 0 atom stereocenters. The Kier molecular flexibility index (Phi) is 4.35. The molecule has 0 saturated carbocycles. The van der Waals surface area contributed by atoms with Crippen LogP contribution in [0.4, 0.5) is 14.5 Å². The fourth-order valence-corrected chi connectivity index (χ4v) is 2.12. The maximum absolute atomic E-state index is 13.9. The average Bonchev–Trinajstić information content (AvgIpc) is 2.40. The predicted molar refractivity (Wildman–Crippen MR) is 75.6 cm³/mol. The van der Waals surface area contributed by atoms with E-state index >= 15 is 0 Å². The van der Waals surface area contributed by atoms with Crippen LogP contribution in [0.3, 0.4) is 0 Å². The second-order valence-electron chi connectivity index (χ2n) is 4.91. The molecule has 0 fully saturated rings. The highest BCUT2D eigenvalue weighted by atomic mass is 19.1. The van der Waals surface area contributed by atoms with Gasteiger partial charge >= 0.3 is 0 Å². The maximum atomic E-state index is 13.9. The number of aliphatic hydroxyl groups is 1. The van der Waals surface area contributed by atoms with E-state index in [0.717, 1.165) is 23.3 Å². The molecule has 0 bridgehead atoms. The number of nitrogens with zero attached hydrogens (tertiary/aromatic N) is 1. The molecule has 0 radical (unpaired) electrons. The van der Waals surface area contributed by atoms with Crippen molar-refractivity contribution >= 4 is 5.69 Å². The number of halogens is 2. The highest BCUT2D eigenvalue weighted by Crippen LogP contribution is 2.25. The van der Waals surface area contributed by atoms with Crippen LogP contribution in [0.5, 0.6) is 0 Å². The Morgan fingerprint density at radius 1 is 1.00 bits per heavy atom. The van der Waals surface area contributed by atoms with Gasteiger partial charge in [0.1, 0.15) is 17.3 Å². The standard InChI is InChI=1S/C16H17F2NO/c1-11-3-5-12(6-4-11)9-19(2)16-14(17)7-13(10-20)8-15(16)18/h3-8,20H,9-10H2,1-2H3. The summed E-state index contributed by atoms with van der Waals surface area (Å²) in [7, 11) is 1.64. The van der Waals surface area contributed by atoms with E-state index in [2.05, 4.69) is 0 Å². The van der Waals surface area contributed by atoms with Gasteiger partial charge in [-0.2, -0.15) is 0 Å². The maximum Gasteiger partial charge on any atom is 0.149 e. The first-order chi connectivity index (χ1) is 9.51. The Balaban J connectivity index is 2.25. The fourth-order valence-electron chi connectivity index (χ4n) is 2.12. The molecule has 0 spiro atoms. The summed E-state index contributed by atoms with van der Waals surface area (Å²) in [6, 6.07) is 10.1. The molecule has 0 aromatic heterocycles. The normalized spacial score (nSPS) is 10.7. The minimum absolute atomic E-state index is 0.0808. The SMILES string of the molecule is Cc1ccc(CN(C)c2c(F)cc(CO)cc2F)cc1. The molecule has 0 heterocycles. The Labute approximate surface area is 117 Å². The molecular formula is C16H17F2NO. The van der Waals surface area contributed by atoms with Crippen molar-refractivity contribution in [2.24, 2.45) is 0 Å². The smallest absolute Gasteiger partial charge is 0.149 e. The van der Waals surface area contributed by atoms with Crippen LogP contribution in [-0.4, -0.2) is 12.2 Å². The van der Waals surface area contributed by atoms with Gasteiger partial charge in [-0.1, -0.05) is 29.8 Å². The van der Waals surface area contributed by atoms with E-state index in [0.29, 0.717) is 6.54 Å². The first-order valence-corrected chi connectivity index (χ1v) is 6.36. The number of aryl methyl sites for hydroxylation is 1. The van der Waals surface area contributed by atoms with Crippen LogP contribution in [0, 0.1) is 18.6 Å².